The molecule has 0 spiro atoms. The van der Waals surface area contributed by atoms with E-state index in [1.165, 1.54) is 21.9 Å². The molecule has 1 heterocycles. The molecule has 0 aliphatic carbocycles. The van der Waals surface area contributed by atoms with Gasteiger partial charge in [-0.1, -0.05) is 27.7 Å². The van der Waals surface area contributed by atoms with Crippen LogP contribution in [-0.2, 0) is 13.1 Å². The maximum Gasteiger partial charge on any atom is 0.0299 e. The van der Waals surface area contributed by atoms with Gasteiger partial charge in [0.25, 0.3) is 0 Å². The maximum atomic E-state index is 3.40. The summed E-state index contributed by atoms with van der Waals surface area (Å²) in [6.45, 7) is 16.7. The largest absolute Gasteiger partial charge is 0.312 e. The zero-order valence-electron chi connectivity index (χ0n) is 12.5. The van der Waals surface area contributed by atoms with Crippen molar-refractivity contribution in [2.24, 2.45) is 5.92 Å². The fourth-order valence-electron chi connectivity index (χ4n) is 2.14. The zero-order chi connectivity index (χ0) is 13.5. The predicted octanol–water partition coefficient (Wildman–Crippen LogP) is 3.64. The molecule has 0 saturated carbocycles. The molecule has 3 heteroatoms. The second kappa shape index (κ2) is 7.93. The van der Waals surface area contributed by atoms with Crippen LogP contribution in [0.3, 0.4) is 0 Å². The van der Waals surface area contributed by atoms with Crippen LogP contribution in [0.15, 0.2) is 6.07 Å². The topological polar surface area (TPSA) is 15.3 Å². The third-order valence-electron chi connectivity index (χ3n) is 3.09. The number of thiophene rings is 1. The SMILES string of the molecule is CCNCc1cc(CN(CC)CC(C)C)c(C)s1. The van der Waals surface area contributed by atoms with Gasteiger partial charge in [-0.15, -0.1) is 11.3 Å². The first-order valence-corrected chi connectivity index (χ1v) is 7.89. The Balaban J connectivity index is 2.62. The zero-order valence-corrected chi connectivity index (χ0v) is 13.4. The molecular formula is C15H28N2S. The van der Waals surface area contributed by atoms with Gasteiger partial charge in [-0.3, -0.25) is 4.90 Å². The van der Waals surface area contributed by atoms with E-state index < -0.39 is 0 Å². The molecule has 1 aromatic heterocycles. The Hall–Kier alpha value is -0.380. The summed E-state index contributed by atoms with van der Waals surface area (Å²) in [7, 11) is 0. The molecule has 0 radical (unpaired) electrons. The minimum atomic E-state index is 0.741. The Labute approximate surface area is 116 Å². The Kier molecular flexibility index (Phi) is 6.90. The second-order valence-corrected chi connectivity index (χ2v) is 6.64. The van der Waals surface area contributed by atoms with Crippen LogP contribution in [0.5, 0.6) is 0 Å². The van der Waals surface area contributed by atoms with Crippen molar-refractivity contribution in [1.82, 2.24) is 10.2 Å². The monoisotopic (exact) mass is 268 g/mol. The van der Waals surface area contributed by atoms with Gasteiger partial charge >= 0.3 is 0 Å². The molecule has 0 fully saturated rings. The number of nitrogens with one attached hydrogen (secondary N) is 1. The fourth-order valence-corrected chi connectivity index (χ4v) is 3.17. The van der Waals surface area contributed by atoms with Crippen LogP contribution in [0.1, 0.15) is 43.0 Å². The highest BCUT2D eigenvalue weighted by Crippen LogP contribution is 2.23. The number of rotatable bonds is 8. The molecule has 1 N–H and O–H groups in total. The molecule has 0 aliphatic rings. The molecule has 2 nitrogen and oxygen atoms in total. The molecule has 18 heavy (non-hydrogen) atoms. The highest BCUT2D eigenvalue weighted by Gasteiger charge is 2.10. The molecule has 1 aromatic rings. The maximum absolute atomic E-state index is 3.40. The highest BCUT2D eigenvalue weighted by atomic mass is 32.1. The van der Waals surface area contributed by atoms with Crippen LogP contribution >= 0.6 is 11.3 Å². The van der Waals surface area contributed by atoms with E-state index in [-0.39, 0.29) is 0 Å². The minimum Gasteiger partial charge on any atom is -0.312 e. The molecule has 0 aromatic carbocycles. The summed E-state index contributed by atoms with van der Waals surface area (Å²) in [6.07, 6.45) is 0. The summed E-state index contributed by atoms with van der Waals surface area (Å²) in [4.78, 5) is 5.48. The van der Waals surface area contributed by atoms with E-state index in [9.17, 15) is 0 Å². The number of aryl methyl sites for hydroxylation is 1. The molecule has 0 unspecified atom stereocenters. The average molecular weight is 268 g/mol. The van der Waals surface area contributed by atoms with Crippen molar-refractivity contribution in [1.29, 1.82) is 0 Å². The van der Waals surface area contributed by atoms with E-state index in [2.05, 4.69) is 50.9 Å². The van der Waals surface area contributed by atoms with Gasteiger partial charge in [0, 0.05) is 29.4 Å². The standard InChI is InChI=1S/C15H28N2S/c1-6-16-9-15-8-14(13(5)18-15)11-17(7-2)10-12(3)4/h8,12,16H,6-7,9-11H2,1-5H3. The summed E-state index contributed by atoms with van der Waals surface area (Å²) < 4.78 is 0. The van der Waals surface area contributed by atoms with Crippen LogP contribution in [0.2, 0.25) is 0 Å². The van der Waals surface area contributed by atoms with Gasteiger partial charge in [0.15, 0.2) is 0 Å². The normalized spacial score (nSPS) is 11.7. The molecule has 0 atom stereocenters. The molecular weight excluding hydrogens is 240 g/mol. The average Bonchev–Trinajstić information content (AvgIpc) is 2.66. The summed E-state index contributed by atoms with van der Waals surface area (Å²) in [5, 5.41) is 3.40. The van der Waals surface area contributed by atoms with E-state index in [4.69, 9.17) is 0 Å². The van der Waals surface area contributed by atoms with Crippen LogP contribution < -0.4 is 5.32 Å². The van der Waals surface area contributed by atoms with Crippen LogP contribution in [0, 0.1) is 12.8 Å². The molecule has 0 amide bonds. The van der Waals surface area contributed by atoms with Crippen molar-refractivity contribution >= 4 is 11.3 Å². The van der Waals surface area contributed by atoms with Crippen LogP contribution in [0.25, 0.3) is 0 Å². The predicted molar refractivity (Wildman–Crippen MR) is 82.2 cm³/mol. The van der Waals surface area contributed by atoms with Crippen molar-refractivity contribution < 1.29 is 0 Å². The van der Waals surface area contributed by atoms with Gasteiger partial charge in [-0.2, -0.15) is 0 Å². The lowest BCUT2D eigenvalue weighted by atomic mass is 10.1. The summed E-state index contributed by atoms with van der Waals surface area (Å²) in [5.74, 6) is 0.741. The first-order chi connectivity index (χ1) is 8.56. The van der Waals surface area contributed by atoms with E-state index in [0.29, 0.717) is 0 Å². The van der Waals surface area contributed by atoms with Gasteiger partial charge < -0.3 is 5.32 Å². The Bertz CT molecular complexity index is 344. The second-order valence-electron chi connectivity index (χ2n) is 5.30. The first-order valence-electron chi connectivity index (χ1n) is 7.08. The van der Waals surface area contributed by atoms with E-state index in [1.54, 1.807) is 0 Å². The van der Waals surface area contributed by atoms with Crippen LogP contribution in [-0.4, -0.2) is 24.5 Å². The summed E-state index contributed by atoms with van der Waals surface area (Å²) in [5.41, 5.74) is 1.51. The summed E-state index contributed by atoms with van der Waals surface area (Å²) in [6, 6.07) is 2.38. The lowest BCUT2D eigenvalue weighted by Crippen LogP contribution is -2.27. The lowest BCUT2D eigenvalue weighted by Gasteiger charge is -2.22. The Morgan fingerprint density at radius 1 is 1.33 bits per heavy atom. The van der Waals surface area contributed by atoms with Gasteiger partial charge in [0.05, 0.1) is 0 Å². The molecule has 0 bridgehead atoms. The van der Waals surface area contributed by atoms with Crippen molar-refractivity contribution in [2.75, 3.05) is 19.6 Å². The first kappa shape index (κ1) is 15.7. The van der Waals surface area contributed by atoms with Crippen molar-refractivity contribution in [3.05, 3.63) is 21.4 Å². The van der Waals surface area contributed by atoms with Gasteiger partial charge in [-0.05, 0) is 37.6 Å². The smallest absolute Gasteiger partial charge is 0.0299 e. The number of nitrogens with zero attached hydrogens (tertiary/aromatic N) is 1. The quantitative estimate of drug-likeness (QED) is 0.774. The minimum absolute atomic E-state index is 0.741. The third kappa shape index (κ3) is 5.09. The molecule has 0 saturated heterocycles. The number of hydrogen-bond donors (Lipinski definition) is 1. The number of hydrogen-bond acceptors (Lipinski definition) is 3. The molecule has 104 valence electrons. The van der Waals surface area contributed by atoms with Crippen molar-refractivity contribution in [3.63, 3.8) is 0 Å². The van der Waals surface area contributed by atoms with E-state index >= 15 is 0 Å². The van der Waals surface area contributed by atoms with E-state index in [1.807, 2.05) is 11.3 Å². The van der Waals surface area contributed by atoms with Gasteiger partial charge in [0.1, 0.15) is 0 Å². The third-order valence-corrected chi connectivity index (χ3v) is 4.18. The van der Waals surface area contributed by atoms with Gasteiger partial charge in [-0.25, -0.2) is 0 Å². The van der Waals surface area contributed by atoms with Gasteiger partial charge in [0.2, 0.25) is 0 Å². The van der Waals surface area contributed by atoms with Crippen molar-refractivity contribution in [2.45, 2.75) is 47.7 Å². The summed E-state index contributed by atoms with van der Waals surface area (Å²) >= 11 is 1.94. The highest BCUT2D eigenvalue weighted by molar-refractivity contribution is 7.12. The Morgan fingerprint density at radius 2 is 2.06 bits per heavy atom. The fraction of sp³-hybridized carbons (Fsp3) is 0.733. The molecule has 0 aliphatic heterocycles. The van der Waals surface area contributed by atoms with Crippen molar-refractivity contribution in [3.8, 4) is 0 Å². The molecule has 1 rings (SSSR count). The van der Waals surface area contributed by atoms with Crippen LogP contribution in [0.4, 0.5) is 0 Å². The lowest BCUT2D eigenvalue weighted by molar-refractivity contribution is 0.248. The van der Waals surface area contributed by atoms with E-state index in [0.717, 1.165) is 32.1 Å². The Morgan fingerprint density at radius 3 is 2.61 bits per heavy atom.